The van der Waals surface area contributed by atoms with Crippen molar-refractivity contribution in [2.24, 2.45) is 0 Å². The van der Waals surface area contributed by atoms with Crippen molar-refractivity contribution in [3.63, 3.8) is 0 Å². The second-order valence-corrected chi connectivity index (χ2v) is 4.32. The zero-order valence-corrected chi connectivity index (χ0v) is 8.75. The fourth-order valence-electron chi connectivity index (χ4n) is 0.723. The minimum Gasteiger partial charge on any atom is -0.302 e. The molecule has 0 bridgehead atoms. The highest BCUT2D eigenvalue weighted by Gasteiger charge is 2.08. The standard InChI is InChI=1S/C7H7N3OS2/c1-4-6(12-3-8)13-7(9-4)10-5(2)11/h1-2H3,(H,9,10,11). The molecular weight excluding hydrogens is 206 g/mol. The second kappa shape index (κ2) is 4.25. The summed E-state index contributed by atoms with van der Waals surface area (Å²) >= 11 is 2.37. The molecule has 6 heteroatoms. The monoisotopic (exact) mass is 213 g/mol. The van der Waals surface area contributed by atoms with Crippen LogP contribution in [0.2, 0.25) is 0 Å². The predicted molar refractivity (Wildman–Crippen MR) is 52.6 cm³/mol. The van der Waals surface area contributed by atoms with Gasteiger partial charge >= 0.3 is 0 Å². The van der Waals surface area contributed by atoms with E-state index in [-0.39, 0.29) is 5.91 Å². The van der Waals surface area contributed by atoms with E-state index < -0.39 is 0 Å². The smallest absolute Gasteiger partial charge is 0.223 e. The van der Waals surface area contributed by atoms with Crippen LogP contribution in [0.1, 0.15) is 12.6 Å². The van der Waals surface area contributed by atoms with Gasteiger partial charge < -0.3 is 5.32 Å². The van der Waals surface area contributed by atoms with E-state index in [2.05, 4.69) is 10.3 Å². The Kier molecular flexibility index (Phi) is 3.28. The first-order valence-electron chi connectivity index (χ1n) is 3.44. The number of nitrogens with one attached hydrogen (secondary N) is 1. The lowest BCUT2D eigenvalue weighted by Crippen LogP contribution is -2.04. The summed E-state index contributed by atoms with van der Waals surface area (Å²) in [6.45, 7) is 3.23. The van der Waals surface area contributed by atoms with E-state index in [4.69, 9.17) is 5.26 Å². The summed E-state index contributed by atoms with van der Waals surface area (Å²) in [5.41, 5.74) is 0.778. The zero-order chi connectivity index (χ0) is 9.84. The maximum atomic E-state index is 10.7. The van der Waals surface area contributed by atoms with E-state index in [0.717, 1.165) is 21.7 Å². The highest BCUT2D eigenvalue weighted by atomic mass is 32.2. The Morgan fingerprint density at radius 3 is 3.00 bits per heavy atom. The van der Waals surface area contributed by atoms with Crippen molar-refractivity contribution in [3.8, 4) is 5.40 Å². The molecule has 0 saturated carbocycles. The Labute approximate surface area is 84.0 Å². The first kappa shape index (κ1) is 10.0. The Morgan fingerprint density at radius 2 is 2.46 bits per heavy atom. The van der Waals surface area contributed by atoms with Crippen LogP contribution in [0, 0.1) is 17.6 Å². The van der Waals surface area contributed by atoms with Crippen LogP contribution in [-0.4, -0.2) is 10.9 Å². The molecule has 1 rings (SSSR count). The van der Waals surface area contributed by atoms with Crippen LogP contribution in [0.5, 0.6) is 0 Å². The van der Waals surface area contributed by atoms with E-state index in [1.807, 2.05) is 12.3 Å². The summed E-state index contributed by atoms with van der Waals surface area (Å²) in [5.74, 6) is -0.151. The van der Waals surface area contributed by atoms with Gasteiger partial charge in [0.05, 0.1) is 9.90 Å². The number of amides is 1. The first-order valence-corrected chi connectivity index (χ1v) is 5.07. The van der Waals surface area contributed by atoms with Crippen LogP contribution >= 0.6 is 23.1 Å². The molecule has 1 aromatic rings. The van der Waals surface area contributed by atoms with Gasteiger partial charge in [0.25, 0.3) is 0 Å². The number of rotatable bonds is 2. The van der Waals surface area contributed by atoms with Crippen molar-refractivity contribution in [2.45, 2.75) is 18.1 Å². The number of aryl methyl sites for hydroxylation is 1. The molecule has 13 heavy (non-hydrogen) atoms. The van der Waals surface area contributed by atoms with Crippen LogP contribution in [0.3, 0.4) is 0 Å². The average molecular weight is 213 g/mol. The third-order valence-electron chi connectivity index (χ3n) is 1.18. The molecule has 0 radical (unpaired) electrons. The Bertz CT molecular complexity index is 366. The van der Waals surface area contributed by atoms with Crippen molar-refractivity contribution < 1.29 is 4.79 Å². The second-order valence-electron chi connectivity index (χ2n) is 2.27. The molecular formula is C7H7N3OS2. The molecule has 0 unspecified atom stereocenters. The number of hydrogen-bond donors (Lipinski definition) is 1. The van der Waals surface area contributed by atoms with Crippen LogP contribution in [0.15, 0.2) is 4.21 Å². The van der Waals surface area contributed by atoms with E-state index in [1.165, 1.54) is 18.3 Å². The highest BCUT2D eigenvalue weighted by molar-refractivity contribution is 8.05. The molecule has 0 fully saturated rings. The van der Waals surface area contributed by atoms with E-state index in [1.54, 1.807) is 0 Å². The molecule has 1 heterocycles. The summed E-state index contributed by atoms with van der Waals surface area (Å²) in [6.07, 6.45) is 0. The SMILES string of the molecule is CC(=O)Nc1nc(C)c(SC#N)s1. The minimum absolute atomic E-state index is 0.151. The lowest BCUT2D eigenvalue weighted by molar-refractivity contribution is -0.114. The number of thioether (sulfide) groups is 1. The molecule has 0 aliphatic heterocycles. The number of nitriles is 1. The van der Waals surface area contributed by atoms with Gasteiger partial charge in [-0.1, -0.05) is 11.3 Å². The number of thiazole rings is 1. The minimum atomic E-state index is -0.151. The lowest BCUT2D eigenvalue weighted by atomic mass is 10.6. The quantitative estimate of drug-likeness (QED) is 0.602. The summed E-state index contributed by atoms with van der Waals surface area (Å²) in [5, 5.41) is 13.5. The third-order valence-corrected chi connectivity index (χ3v) is 3.11. The fraction of sp³-hybridized carbons (Fsp3) is 0.286. The van der Waals surface area contributed by atoms with Gasteiger partial charge in [0.1, 0.15) is 5.40 Å². The number of thiocyanates is 1. The summed E-state index contributed by atoms with van der Waals surface area (Å²) < 4.78 is 0.825. The highest BCUT2D eigenvalue weighted by Crippen LogP contribution is 2.31. The molecule has 1 amide bonds. The summed E-state index contributed by atoms with van der Waals surface area (Å²) in [4.78, 5) is 14.8. The van der Waals surface area contributed by atoms with Crippen molar-refractivity contribution in [1.29, 1.82) is 5.26 Å². The van der Waals surface area contributed by atoms with Crippen LogP contribution < -0.4 is 5.32 Å². The topological polar surface area (TPSA) is 65.8 Å². The van der Waals surface area contributed by atoms with Gasteiger partial charge in [-0.15, -0.1) is 0 Å². The molecule has 1 aromatic heterocycles. The number of anilines is 1. The number of carbonyl (C=O) groups is 1. The number of nitrogens with zero attached hydrogens (tertiary/aromatic N) is 2. The van der Waals surface area contributed by atoms with Crippen molar-refractivity contribution in [2.75, 3.05) is 5.32 Å². The van der Waals surface area contributed by atoms with Crippen LogP contribution in [-0.2, 0) is 4.79 Å². The molecule has 68 valence electrons. The lowest BCUT2D eigenvalue weighted by Gasteiger charge is -1.91. The van der Waals surface area contributed by atoms with Crippen LogP contribution in [0.4, 0.5) is 5.13 Å². The van der Waals surface area contributed by atoms with Gasteiger partial charge in [0.15, 0.2) is 5.13 Å². The molecule has 0 spiro atoms. The molecule has 0 aromatic carbocycles. The maximum Gasteiger partial charge on any atom is 0.223 e. The van der Waals surface area contributed by atoms with Crippen molar-refractivity contribution in [1.82, 2.24) is 4.98 Å². The Morgan fingerprint density at radius 1 is 1.77 bits per heavy atom. The number of hydrogen-bond acceptors (Lipinski definition) is 5. The maximum absolute atomic E-state index is 10.7. The van der Waals surface area contributed by atoms with Gasteiger partial charge in [0.2, 0.25) is 5.91 Å². The normalized spacial score (nSPS) is 9.31. The fourth-order valence-corrected chi connectivity index (χ4v) is 2.26. The van der Waals surface area contributed by atoms with Crippen molar-refractivity contribution in [3.05, 3.63) is 5.69 Å². The molecule has 1 N–H and O–H groups in total. The molecule has 4 nitrogen and oxygen atoms in total. The summed E-state index contributed by atoms with van der Waals surface area (Å²) in [6, 6.07) is 0. The largest absolute Gasteiger partial charge is 0.302 e. The van der Waals surface area contributed by atoms with Gasteiger partial charge in [-0.25, -0.2) is 4.98 Å². The van der Waals surface area contributed by atoms with E-state index in [0.29, 0.717) is 5.13 Å². The van der Waals surface area contributed by atoms with Gasteiger partial charge in [-0.3, -0.25) is 4.79 Å². The Balaban J connectivity index is 2.83. The molecule has 0 atom stereocenters. The number of carbonyl (C=O) groups excluding carboxylic acids is 1. The molecule has 0 saturated heterocycles. The molecule has 0 aliphatic carbocycles. The van der Waals surface area contributed by atoms with Gasteiger partial charge in [-0.05, 0) is 6.92 Å². The van der Waals surface area contributed by atoms with E-state index >= 15 is 0 Å². The Hall–Kier alpha value is -1.06. The summed E-state index contributed by atoms with van der Waals surface area (Å²) in [7, 11) is 0. The first-order chi connectivity index (χ1) is 6.13. The predicted octanol–water partition coefficient (Wildman–Crippen LogP) is 1.98. The van der Waals surface area contributed by atoms with E-state index in [9.17, 15) is 4.79 Å². The number of aromatic nitrogens is 1. The zero-order valence-electron chi connectivity index (χ0n) is 7.12. The van der Waals surface area contributed by atoms with Crippen LogP contribution in [0.25, 0.3) is 0 Å². The van der Waals surface area contributed by atoms with Gasteiger partial charge in [0, 0.05) is 18.7 Å². The van der Waals surface area contributed by atoms with Gasteiger partial charge in [-0.2, -0.15) is 5.26 Å². The molecule has 0 aliphatic rings. The third kappa shape index (κ3) is 2.72. The van der Waals surface area contributed by atoms with Crippen molar-refractivity contribution >= 4 is 34.1 Å². The average Bonchev–Trinajstić information content (AvgIpc) is 2.31.